The quantitative estimate of drug-likeness (QED) is 0.526. The number of anilines is 1. The van der Waals surface area contributed by atoms with Crippen molar-refractivity contribution in [2.75, 3.05) is 11.9 Å². The topological polar surface area (TPSA) is 92.4 Å². The molecular weight excluding hydrogens is 388 g/mol. The number of nitrogens with one attached hydrogen (secondary N) is 3. The number of carbonyl (C=O) groups is 2. The number of hydrogen-bond donors (Lipinski definition) is 3. The second kappa shape index (κ2) is 9.99. The van der Waals surface area contributed by atoms with Crippen LogP contribution in [0.3, 0.4) is 0 Å². The smallest absolute Gasteiger partial charge is 0.319 e. The molecule has 0 radical (unpaired) electrons. The van der Waals surface area contributed by atoms with Crippen LogP contribution < -0.4 is 16.0 Å². The fourth-order valence-corrected chi connectivity index (χ4v) is 3.50. The van der Waals surface area contributed by atoms with Gasteiger partial charge in [-0.3, -0.25) is 4.79 Å². The van der Waals surface area contributed by atoms with E-state index < -0.39 is 0 Å². The highest BCUT2D eigenvalue weighted by Crippen LogP contribution is 2.21. The van der Waals surface area contributed by atoms with Gasteiger partial charge in [-0.05, 0) is 43.7 Å². The summed E-state index contributed by atoms with van der Waals surface area (Å²) in [5.74, 6) is -0.190. The molecule has 8 heteroatoms. The molecule has 3 amide bonds. The lowest BCUT2D eigenvalue weighted by atomic mass is 10.2. The zero-order valence-corrected chi connectivity index (χ0v) is 17.2. The fourth-order valence-electron chi connectivity index (χ4n) is 2.60. The molecular formula is C21H24N4O3S. The van der Waals surface area contributed by atoms with Crippen LogP contribution in [0.25, 0.3) is 10.2 Å². The molecule has 0 aliphatic carbocycles. The lowest BCUT2D eigenvalue weighted by Crippen LogP contribution is -2.34. The van der Waals surface area contributed by atoms with E-state index in [2.05, 4.69) is 20.9 Å². The molecule has 0 aliphatic heterocycles. The van der Waals surface area contributed by atoms with Gasteiger partial charge in [-0.2, -0.15) is 0 Å². The third-order valence-electron chi connectivity index (χ3n) is 3.92. The van der Waals surface area contributed by atoms with Crippen molar-refractivity contribution in [3.63, 3.8) is 0 Å². The number of fused-ring (bicyclic) bond motifs is 1. The summed E-state index contributed by atoms with van der Waals surface area (Å²) < 4.78 is 6.58. The Labute approximate surface area is 173 Å². The van der Waals surface area contributed by atoms with Crippen LogP contribution in [0, 0.1) is 0 Å². The first-order valence-corrected chi connectivity index (χ1v) is 10.2. The Bertz CT molecular complexity index is 936. The van der Waals surface area contributed by atoms with Gasteiger partial charge in [0.1, 0.15) is 11.6 Å². The van der Waals surface area contributed by atoms with E-state index in [1.54, 1.807) is 23.5 Å². The van der Waals surface area contributed by atoms with E-state index in [0.717, 1.165) is 20.8 Å². The van der Waals surface area contributed by atoms with Gasteiger partial charge in [-0.15, -0.1) is 11.3 Å². The van der Waals surface area contributed by atoms with Gasteiger partial charge in [0.05, 0.1) is 16.8 Å². The van der Waals surface area contributed by atoms with Gasteiger partial charge in [0, 0.05) is 18.3 Å². The number of rotatable bonds is 8. The van der Waals surface area contributed by atoms with Crippen molar-refractivity contribution < 1.29 is 14.3 Å². The van der Waals surface area contributed by atoms with Crippen molar-refractivity contribution in [3.8, 4) is 0 Å². The maximum atomic E-state index is 12.0. The highest BCUT2D eigenvalue weighted by atomic mass is 32.1. The van der Waals surface area contributed by atoms with Crippen LogP contribution >= 0.6 is 11.3 Å². The summed E-state index contributed by atoms with van der Waals surface area (Å²) in [6, 6.07) is 15.0. The summed E-state index contributed by atoms with van der Waals surface area (Å²) in [7, 11) is 0. The molecule has 0 aliphatic rings. The van der Waals surface area contributed by atoms with Crippen molar-refractivity contribution in [1.82, 2.24) is 15.6 Å². The normalized spacial score (nSPS) is 10.9. The first-order chi connectivity index (χ1) is 14.0. The summed E-state index contributed by atoms with van der Waals surface area (Å²) in [4.78, 5) is 28.1. The van der Waals surface area contributed by atoms with E-state index >= 15 is 0 Å². The predicted molar refractivity (Wildman–Crippen MR) is 115 cm³/mol. The van der Waals surface area contributed by atoms with Gasteiger partial charge in [-0.25, -0.2) is 9.78 Å². The molecule has 1 aromatic heterocycles. The Hall–Kier alpha value is -2.97. The number of amides is 3. The van der Waals surface area contributed by atoms with Crippen LogP contribution in [0.2, 0.25) is 0 Å². The minimum absolute atomic E-state index is 0.0229. The number of thiazole rings is 1. The van der Waals surface area contributed by atoms with Gasteiger partial charge >= 0.3 is 6.03 Å². The zero-order chi connectivity index (χ0) is 20.6. The van der Waals surface area contributed by atoms with Crippen LogP contribution in [0.4, 0.5) is 10.5 Å². The zero-order valence-electron chi connectivity index (χ0n) is 16.4. The summed E-state index contributed by atoms with van der Waals surface area (Å²) in [5.41, 5.74) is 2.57. The SMILES string of the molecule is CC(C)NC(=O)Nc1ccc(CNC(=O)COCc2nc3ccccc3s2)cc1. The number of nitrogens with zero attached hydrogens (tertiary/aromatic N) is 1. The molecule has 29 heavy (non-hydrogen) atoms. The standard InChI is InChI=1S/C21H24N4O3S/c1-14(2)23-21(27)24-16-9-7-15(8-10-16)11-22-19(26)12-28-13-20-25-17-5-3-4-6-18(17)29-20/h3-10,14H,11-13H2,1-2H3,(H,22,26)(H2,23,24,27). The fraction of sp³-hybridized carbons (Fsp3) is 0.286. The molecule has 0 bridgehead atoms. The van der Waals surface area contributed by atoms with Crippen LogP contribution in [0.1, 0.15) is 24.4 Å². The van der Waals surface area contributed by atoms with Crippen LogP contribution in [-0.2, 0) is 22.7 Å². The lowest BCUT2D eigenvalue weighted by molar-refractivity contribution is -0.126. The van der Waals surface area contributed by atoms with E-state index in [1.807, 2.05) is 50.2 Å². The highest BCUT2D eigenvalue weighted by Gasteiger charge is 2.07. The van der Waals surface area contributed by atoms with Crippen molar-refractivity contribution in [3.05, 3.63) is 59.1 Å². The number of hydrogen-bond acceptors (Lipinski definition) is 5. The lowest BCUT2D eigenvalue weighted by Gasteiger charge is -2.11. The molecule has 3 rings (SSSR count). The van der Waals surface area contributed by atoms with Crippen LogP contribution in [-0.4, -0.2) is 29.6 Å². The predicted octanol–water partition coefficient (Wildman–Crippen LogP) is 3.66. The molecule has 0 unspecified atom stereocenters. The average Bonchev–Trinajstić information content (AvgIpc) is 3.09. The molecule has 0 spiro atoms. The van der Waals surface area contributed by atoms with Gasteiger partial charge in [0.25, 0.3) is 0 Å². The van der Waals surface area contributed by atoms with Gasteiger partial charge in [0.2, 0.25) is 5.91 Å². The van der Waals surface area contributed by atoms with Gasteiger partial charge < -0.3 is 20.7 Å². The number of benzene rings is 2. The molecule has 0 saturated carbocycles. The molecule has 0 saturated heterocycles. The monoisotopic (exact) mass is 412 g/mol. The summed E-state index contributed by atoms with van der Waals surface area (Å²) in [5, 5.41) is 9.18. The Morgan fingerprint density at radius 3 is 2.59 bits per heavy atom. The first kappa shape index (κ1) is 20.8. The van der Waals surface area contributed by atoms with E-state index in [9.17, 15) is 9.59 Å². The second-order valence-electron chi connectivity index (χ2n) is 6.79. The minimum atomic E-state index is -0.244. The van der Waals surface area contributed by atoms with Crippen molar-refractivity contribution in [1.29, 1.82) is 0 Å². The highest BCUT2D eigenvalue weighted by molar-refractivity contribution is 7.18. The number of urea groups is 1. The molecule has 1 heterocycles. The van der Waals surface area contributed by atoms with Crippen molar-refractivity contribution in [2.45, 2.75) is 33.0 Å². The van der Waals surface area contributed by atoms with E-state index in [4.69, 9.17) is 4.74 Å². The Morgan fingerprint density at radius 1 is 1.10 bits per heavy atom. The van der Waals surface area contributed by atoms with E-state index in [1.165, 1.54) is 0 Å². The van der Waals surface area contributed by atoms with E-state index in [0.29, 0.717) is 18.8 Å². The molecule has 3 N–H and O–H groups in total. The molecule has 2 aromatic carbocycles. The largest absolute Gasteiger partial charge is 0.364 e. The van der Waals surface area contributed by atoms with Crippen LogP contribution in [0.5, 0.6) is 0 Å². The Kier molecular flexibility index (Phi) is 7.15. The van der Waals surface area contributed by atoms with Crippen LogP contribution in [0.15, 0.2) is 48.5 Å². The molecule has 152 valence electrons. The maximum absolute atomic E-state index is 12.0. The van der Waals surface area contributed by atoms with Gasteiger partial charge in [0.15, 0.2) is 0 Å². The number of ether oxygens (including phenoxy) is 1. The third-order valence-corrected chi connectivity index (χ3v) is 4.93. The third kappa shape index (κ3) is 6.55. The first-order valence-electron chi connectivity index (χ1n) is 9.35. The van der Waals surface area contributed by atoms with Gasteiger partial charge in [-0.1, -0.05) is 24.3 Å². The molecule has 7 nitrogen and oxygen atoms in total. The molecule has 0 fully saturated rings. The Balaban J connectivity index is 1.38. The van der Waals surface area contributed by atoms with Crippen molar-refractivity contribution in [2.24, 2.45) is 0 Å². The molecule has 3 aromatic rings. The number of aromatic nitrogens is 1. The number of carbonyl (C=O) groups excluding carboxylic acids is 2. The average molecular weight is 413 g/mol. The molecule has 0 atom stereocenters. The second-order valence-corrected chi connectivity index (χ2v) is 7.91. The Morgan fingerprint density at radius 2 is 1.86 bits per heavy atom. The van der Waals surface area contributed by atoms with E-state index in [-0.39, 0.29) is 24.6 Å². The summed E-state index contributed by atoms with van der Waals surface area (Å²) >= 11 is 1.57. The minimum Gasteiger partial charge on any atom is -0.364 e. The van der Waals surface area contributed by atoms with Crippen molar-refractivity contribution >= 4 is 39.2 Å². The summed E-state index contributed by atoms with van der Waals surface area (Å²) in [6.45, 7) is 4.47. The summed E-state index contributed by atoms with van der Waals surface area (Å²) in [6.07, 6.45) is 0. The maximum Gasteiger partial charge on any atom is 0.319 e. The number of para-hydroxylation sites is 1.